The van der Waals surface area contributed by atoms with Crippen molar-refractivity contribution in [2.75, 3.05) is 19.8 Å². The summed E-state index contributed by atoms with van der Waals surface area (Å²) in [6.07, 6.45) is 0.306. The highest BCUT2D eigenvalue weighted by Gasteiger charge is 2.35. The van der Waals surface area contributed by atoms with Gasteiger partial charge in [0.15, 0.2) is 0 Å². The van der Waals surface area contributed by atoms with Gasteiger partial charge in [0.05, 0.1) is 13.2 Å². The lowest BCUT2D eigenvalue weighted by atomic mass is 9.92. The Kier molecular flexibility index (Phi) is 6.36. The van der Waals surface area contributed by atoms with Crippen LogP contribution in [0.25, 0.3) is 10.9 Å². The maximum atomic E-state index is 12.8. The summed E-state index contributed by atoms with van der Waals surface area (Å²) in [5.74, 6) is 0.438. The Labute approximate surface area is 185 Å². The molecule has 164 valence electrons. The van der Waals surface area contributed by atoms with Crippen LogP contribution in [-0.4, -0.2) is 47.3 Å². The fraction of sp³-hybridized carbons (Fsp3) is 0.348. The van der Waals surface area contributed by atoms with E-state index in [1.165, 1.54) is 0 Å². The predicted octanol–water partition coefficient (Wildman–Crippen LogP) is 4.62. The number of fused-ring (bicyclic) bond motifs is 3. The number of carbonyl (C=O) groups excluding carboxylic acids is 1. The van der Waals surface area contributed by atoms with E-state index in [0.717, 1.165) is 27.7 Å². The highest BCUT2D eigenvalue weighted by atomic mass is 35.5. The molecular formula is C23H25ClN2O5. The Bertz CT molecular complexity index is 1080. The van der Waals surface area contributed by atoms with Crippen molar-refractivity contribution < 1.29 is 24.1 Å². The van der Waals surface area contributed by atoms with Crippen molar-refractivity contribution in [2.24, 2.45) is 0 Å². The first kappa shape index (κ1) is 21.5. The lowest BCUT2D eigenvalue weighted by Gasteiger charge is -2.35. The number of hydrogen-bond donors (Lipinski definition) is 2. The van der Waals surface area contributed by atoms with Crippen LogP contribution in [0.15, 0.2) is 42.5 Å². The molecular weight excluding hydrogens is 420 g/mol. The van der Waals surface area contributed by atoms with Gasteiger partial charge in [-0.2, -0.15) is 0 Å². The number of halogens is 1. The summed E-state index contributed by atoms with van der Waals surface area (Å²) in [5, 5.41) is 11.6. The molecule has 1 aliphatic heterocycles. The van der Waals surface area contributed by atoms with Gasteiger partial charge in [0, 0.05) is 28.2 Å². The van der Waals surface area contributed by atoms with Crippen molar-refractivity contribution in [3.05, 3.63) is 64.3 Å². The first-order chi connectivity index (χ1) is 15.0. The standard InChI is InChI=1S/C23H25ClN2O5/c1-3-29-22(27)26-11-10-17-18-13-15(24)8-9-19(18)25-20(17)21(26)14-6-5-7-16(12-14)31-23(28)30-4-2/h5-9,12-13,21,23,25,28H,3-4,10-11H2,1-2H3. The molecule has 0 saturated carbocycles. The van der Waals surface area contributed by atoms with Gasteiger partial charge in [-0.05, 0) is 61.7 Å². The van der Waals surface area contributed by atoms with E-state index in [2.05, 4.69) is 4.98 Å². The first-order valence-corrected chi connectivity index (χ1v) is 10.7. The number of aliphatic hydroxyl groups excluding tert-OH is 1. The Hall–Kier alpha value is -2.74. The van der Waals surface area contributed by atoms with Crippen LogP contribution in [0.4, 0.5) is 4.79 Å². The number of ether oxygens (including phenoxy) is 3. The van der Waals surface area contributed by atoms with Gasteiger partial charge in [-0.15, -0.1) is 0 Å². The molecule has 1 amide bonds. The molecule has 2 atom stereocenters. The number of nitrogens with zero attached hydrogens (tertiary/aromatic N) is 1. The molecule has 4 rings (SSSR count). The summed E-state index contributed by atoms with van der Waals surface area (Å²) in [6.45, 7) is 3.31. The van der Waals surface area contributed by atoms with E-state index < -0.39 is 12.5 Å². The van der Waals surface area contributed by atoms with E-state index in [9.17, 15) is 9.90 Å². The van der Waals surface area contributed by atoms with Gasteiger partial charge in [0.1, 0.15) is 11.8 Å². The third-order valence-corrected chi connectivity index (χ3v) is 5.55. The maximum absolute atomic E-state index is 12.8. The van der Waals surface area contributed by atoms with Crippen LogP contribution in [0.2, 0.25) is 5.02 Å². The lowest BCUT2D eigenvalue weighted by Crippen LogP contribution is -2.41. The fourth-order valence-corrected chi connectivity index (χ4v) is 4.23. The predicted molar refractivity (Wildman–Crippen MR) is 117 cm³/mol. The second-order valence-electron chi connectivity index (χ2n) is 7.20. The summed E-state index contributed by atoms with van der Waals surface area (Å²) in [6, 6.07) is 12.6. The third-order valence-electron chi connectivity index (χ3n) is 5.31. The molecule has 3 aromatic rings. The van der Waals surface area contributed by atoms with Gasteiger partial charge in [-0.25, -0.2) is 4.79 Å². The van der Waals surface area contributed by atoms with Gasteiger partial charge in [0.2, 0.25) is 0 Å². The molecule has 7 nitrogen and oxygen atoms in total. The molecule has 2 heterocycles. The molecule has 0 spiro atoms. The van der Waals surface area contributed by atoms with E-state index in [4.69, 9.17) is 25.8 Å². The number of hydrogen-bond acceptors (Lipinski definition) is 5. The minimum Gasteiger partial charge on any atom is -0.450 e. The zero-order chi connectivity index (χ0) is 22.0. The molecule has 2 aromatic carbocycles. The molecule has 0 radical (unpaired) electrons. The molecule has 0 bridgehead atoms. The van der Waals surface area contributed by atoms with Crippen molar-refractivity contribution in [2.45, 2.75) is 32.8 Å². The van der Waals surface area contributed by atoms with Crippen molar-refractivity contribution in [1.29, 1.82) is 0 Å². The molecule has 0 aliphatic carbocycles. The van der Waals surface area contributed by atoms with Gasteiger partial charge in [-0.1, -0.05) is 23.7 Å². The van der Waals surface area contributed by atoms with Crippen molar-refractivity contribution in [3.8, 4) is 5.75 Å². The van der Waals surface area contributed by atoms with E-state index in [1.807, 2.05) is 30.3 Å². The molecule has 0 saturated heterocycles. The Morgan fingerprint density at radius 2 is 2.10 bits per heavy atom. The summed E-state index contributed by atoms with van der Waals surface area (Å²) < 4.78 is 15.9. The third kappa shape index (κ3) is 4.35. The van der Waals surface area contributed by atoms with E-state index in [-0.39, 0.29) is 6.09 Å². The molecule has 2 N–H and O–H groups in total. The monoisotopic (exact) mass is 444 g/mol. The summed E-state index contributed by atoms with van der Waals surface area (Å²) >= 11 is 6.24. The average Bonchev–Trinajstić information content (AvgIpc) is 3.11. The van der Waals surface area contributed by atoms with Crippen LogP contribution in [0.3, 0.4) is 0 Å². The zero-order valence-electron chi connectivity index (χ0n) is 17.4. The van der Waals surface area contributed by atoms with Gasteiger partial charge in [-0.3, -0.25) is 4.90 Å². The van der Waals surface area contributed by atoms with Crippen molar-refractivity contribution >= 4 is 28.6 Å². The number of aromatic nitrogens is 1. The first-order valence-electron chi connectivity index (χ1n) is 10.3. The van der Waals surface area contributed by atoms with Gasteiger partial charge in [0.25, 0.3) is 0 Å². The van der Waals surface area contributed by atoms with Crippen molar-refractivity contribution in [3.63, 3.8) is 0 Å². The Morgan fingerprint density at radius 3 is 2.87 bits per heavy atom. The number of amides is 1. The number of benzene rings is 2. The topological polar surface area (TPSA) is 84.0 Å². The van der Waals surface area contributed by atoms with Gasteiger partial charge >= 0.3 is 12.6 Å². The van der Waals surface area contributed by atoms with Crippen LogP contribution >= 0.6 is 11.6 Å². The molecule has 31 heavy (non-hydrogen) atoms. The number of aromatic amines is 1. The van der Waals surface area contributed by atoms with Crippen LogP contribution in [0.5, 0.6) is 5.75 Å². The minimum atomic E-state index is -1.36. The van der Waals surface area contributed by atoms with E-state index >= 15 is 0 Å². The van der Waals surface area contributed by atoms with Crippen LogP contribution in [0.1, 0.15) is 36.7 Å². The molecule has 1 aromatic heterocycles. The number of H-pyrrole nitrogens is 1. The van der Waals surface area contributed by atoms with E-state index in [0.29, 0.717) is 37.0 Å². The number of carbonyl (C=O) groups is 1. The SMILES string of the molecule is CCOC(=O)N1CCc2c([nH]c3ccc(Cl)cc23)C1c1cccc(OC(O)OCC)c1. The average molecular weight is 445 g/mol. The molecule has 8 heteroatoms. The zero-order valence-corrected chi connectivity index (χ0v) is 18.2. The summed E-state index contributed by atoms with van der Waals surface area (Å²) in [4.78, 5) is 18.0. The van der Waals surface area contributed by atoms with Crippen LogP contribution in [0, 0.1) is 0 Å². The second-order valence-corrected chi connectivity index (χ2v) is 7.64. The summed E-state index contributed by atoms with van der Waals surface area (Å²) in [5.41, 5.74) is 3.83. The molecule has 0 fully saturated rings. The van der Waals surface area contributed by atoms with E-state index in [1.54, 1.807) is 30.9 Å². The Balaban J connectivity index is 1.78. The van der Waals surface area contributed by atoms with Crippen molar-refractivity contribution in [1.82, 2.24) is 9.88 Å². The fourth-order valence-electron chi connectivity index (χ4n) is 4.06. The second kappa shape index (κ2) is 9.18. The highest BCUT2D eigenvalue weighted by Crippen LogP contribution is 2.40. The Morgan fingerprint density at radius 1 is 1.26 bits per heavy atom. The smallest absolute Gasteiger partial charge is 0.410 e. The number of rotatable bonds is 6. The molecule has 2 unspecified atom stereocenters. The normalized spacial score (nSPS) is 16.8. The number of aliphatic hydroxyl groups is 1. The largest absolute Gasteiger partial charge is 0.450 e. The quantitative estimate of drug-likeness (QED) is 0.542. The van der Waals surface area contributed by atoms with Gasteiger partial charge < -0.3 is 24.3 Å². The molecule has 1 aliphatic rings. The summed E-state index contributed by atoms with van der Waals surface area (Å²) in [7, 11) is 0. The minimum absolute atomic E-state index is 0.293. The van der Waals surface area contributed by atoms with Crippen LogP contribution in [-0.2, 0) is 15.9 Å². The number of nitrogens with one attached hydrogen (secondary N) is 1. The lowest BCUT2D eigenvalue weighted by molar-refractivity contribution is -0.213. The highest BCUT2D eigenvalue weighted by molar-refractivity contribution is 6.31. The maximum Gasteiger partial charge on any atom is 0.410 e. The van der Waals surface area contributed by atoms with Crippen LogP contribution < -0.4 is 4.74 Å².